The minimum absolute atomic E-state index is 0.214. The van der Waals surface area contributed by atoms with E-state index in [1.807, 2.05) is 0 Å². The molecule has 0 saturated carbocycles. The van der Waals surface area contributed by atoms with Gasteiger partial charge in [0, 0.05) is 17.1 Å². The highest BCUT2D eigenvalue weighted by atomic mass is 15.1. The smallest absolute Gasteiger partial charge is 0.0458 e. The van der Waals surface area contributed by atoms with Gasteiger partial charge in [0.05, 0.1) is 0 Å². The van der Waals surface area contributed by atoms with Crippen LogP contribution in [0.4, 0.5) is 11.4 Å². The summed E-state index contributed by atoms with van der Waals surface area (Å²) in [5.41, 5.74) is 8.37. The molecular formula is C28H37N. The first-order valence-corrected chi connectivity index (χ1v) is 11.2. The summed E-state index contributed by atoms with van der Waals surface area (Å²) in [5, 5.41) is 0. The summed E-state index contributed by atoms with van der Waals surface area (Å²) in [7, 11) is 0. The van der Waals surface area contributed by atoms with E-state index in [4.69, 9.17) is 0 Å². The summed E-state index contributed by atoms with van der Waals surface area (Å²) in [6.45, 7) is 13.7. The predicted octanol–water partition coefficient (Wildman–Crippen LogP) is 8.65. The van der Waals surface area contributed by atoms with E-state index >= 15 is 0 Å². The zero-order chi connectivity index (χ0) is 21.0. The average molecular weight is 388 g/mol. The first kappa shape index (κ1) is 21.4. The van der Waals surface area contributed by atoms with Crippen molar-refractivity contribution in [2.75, 3.05) is 4.90 Å². The quantitative estimate of drug-likeness (QED) is 0.459. The molecule has 1 aliphatic rings. The van der Waals surface area contributed by atoms with Crippen molar-refractivity contribution >= 4 is 11.4 Å². The molecule has 0 radical (unpaired) electrons. The number of rotatable bonds is 7. The molecule has 0 N–H and O–H groups in total. The maximum absolute atomic E-state index is 2.44. The largest absolute Gasteiger partial charge is 0.314 e. The van der Waals surface area contributed by atoms with E-state index in [1.165, 1.54) is 40.2 Å². The third-order valence-electron chi connectivity index (χ3n) is 6.75. The second kappa shape index (κ2) is 9.03. The zero-order valence-electron chi connectivity index (χ0n) is 19.1. The van der Waals surface area contributed by atoms with Gasteiger partial charge in [-0.2, -0.15) is 0 Å². The van der Waals surface area contributed by atoms with E-state index in [2.05, 4.69) is 107 Å². The zero-order valence-corrected chi connectivity index (χ0v) is 19.1. The van der Waals surface area contributed by atoms with Crippen LogP contribution in [-0.2, 0) is 5.41 Å². The molecule has 1 heteroatoms. The number of nitrogens with zero attached hydrogens (tertiary/aromatic N) is 1. The minimum Gasteiger partial charge on any atom is -0.314 e. The molecule has 1 nitrogen and oxygen atoms in total. The molecule has 0 amide bonds. The van der Waals surface area contributed by atoms with E-state index in [9.17, 15) is 0 Å². The molecule has 0 bridgehead atoms. The third kappa shape index (κ3) is 4.83. The molecular weight excluding hydrogens is 350 g/mol. The van der Waals surface area contributed by atoms with E-state index < -0.39 is 0 Å². The molecule has 2 aromatic rings. The Morgan fingerprint density at radius 1 is 0.862 bits per heavy atom. The van der Waals surface area contributed by atoms with Gasteiger partial charge in [-0.3, -0.25) is 0 Å². The molecule has 0 aliphatic heterocycles. The average Bonchev–Trinajstić information content (AvgIpc) is 2.75. The van der Waals surface area contributed by atoms with Gasteiger partial charge in [0.25, 0.3) is 0 Å². The molecule has 0 aromatic heterocycles. The van der Waals surface area contributed by atoms with E-state index in [-0.39, 0.29) is 5.41 Å². The molecule has 1 atom stereocenters. The van der Waals surface area contributed by atoms with Gasteiger partial charge in [0.2, 0.25) is 0 Å². The SMILES string of the molecule is CCC(C)c1ccc(N(C2=CC=C(C)CC2)c2ccc(C(C)(C)CC)cc2)cc1. The van der Waals surface area contributed by atoms with Gasteiger partial charge in [-0.25, -0.2) is 0 Å². The van der Waals surface area contributed by atoms with Crippen LogP contribution in [0, 0.1) is 0 Å². The molecule has 2 aromatic carbocycles. The van der Waals surface area contributed by atoms with Gasteiger partial charge in [-0.1, -0.05) is 70.5 Å². The van der Waals surface area contributed by atoms with E-state index in [0.717, 1.165) is 19.3 Å². The van der Waals surface area contributed by atoms with Crippen molar-refractivity contribution < 1.29 is 0 Å². The van der Waals surface area contributed by atoms with Crippen LogP contribution >= 0.6 is 0 Å². The number of hydrogen-bond donors (Lipinski definition) is 0. The van der Waals surface area contributed by atoms with Crippen LogP contribution in [0.5, 0.6) is 0 Å². The number of hydrogen-bond acceptors (Lipinski definition) is 1. The maximum Gasteiger partial charge on any atom is 0.0458 e. The summed E-state index contributed by atoms with van der Waals surface area (Å²) in [5.74, 6) is 0.604. The van der Waals surface area contributed by atoms with Crippen LogP contribution in [0.3, 0.4) is 0 Å². The highest BCUT2D eigenvalue weighted by Crippen LogP contribution is 2.36. The molecule has 0 fully saturated rings. The normalized spacial score (nSPS) is 15.5. The Kier molecular flexibility index (Phi) is 6.67. The van der Waals surface area contributed by atoms with E-state index in [1.54, 1.807) is 0 Å². The second-order valence-electron chi connectivity index (χ2n) is 9.19. The Labute approximate surface area is 178 Å². The number of benzene rings is 2. The van der Waals surface area contributed by atoms with Gasteiger partial charge < -0.3 is 4.90 Å². The van der Waals surface area contributed by atoms with Crippen LogP contribution < -0.4 is 4.90 Å². The lowest BCUT2D eigenvalue weighted by molar-refractivity contribution is 0.506. The predicted molar refractivity (Wildman–Crippen MR) is 128 cm³/mol. The van der Waals surface area contributed by atoms with Crippen molar-refractivity contribution in [1.82, 2.24) is 0 Å². The lowest BCUT2D eigenvalue weighted by Gasteiger charge is -2.31. The topological polar surface area (TPSA) is 3.24 Å². The Morgan fingerprint density at radius 3 is 1.93 bits per heavy atom. The van der Waals surface area contributed by atoms with Crippen molar-refractivity contribution in [2.45, 2.75) is 78.6 Å². The molecule has 154 valence electrons. The van der Waals surface area contributed by atoms with Gasteiger partial charge >= 0.3 is 0 Å². The fourth-order valence-electron chi connectivity index (χ4n) is 3.85. The monoisotopic (exact) mass is 387 g/mol. The Bertz CT molecular complexity index is 866. The highest BCUT2D eigenvalue weighted by Gasteiger charge is 2.20. The first-order valence-electron chi connectivity index (χ1n) is 11.2. The molecule has 1 unspecified atom stereocenters. The molecule has 29 heavy (non-hydrogen) atoms. The summed E-state index contributed by atoms with van der Waals surface area (Å²) in [6, 6.07) is 18.4. The van der Waals surface area contributed by atoms with Gasteiger partial charge in [-0.05, 0) is 85.4 Å². The summed E-state index contributed by atoms with van der Waals surface area (Å²) >= 11 is 0. The van der Waals surface area contributed by atoms with Crippen molar-refractivity contribution in [3.8, 4) is 0 Å². The first-order chi connectivity index (χ1) is 13.9. The maximum atomic E-state index is 2.44. The van der Waals surface area contributed by atoms with Crippen LogP contribution in [-0.4, -0.2) is 0 Å². The van der Waals surface area contributed by atoms with Crippen LogP contribution in [0.15, 0.2) is 72.0 Å². The lowest BCUT2D eigenvalue weighted by atomic mass is 9.82. The van der Waals surface area contributed by atoms with Gasteiger partial charge in [0.15, 0.2) is 0 Å². The van der Waals surface area contributed by atoms with E-state index in [0.29, 0.717) is 5.92 Å². The standard InChI is InChI=1S/C28H37N/c1-7-22(4)23-11-17-26(18-12-23)29(25-15-9-21(3)10-16-25)27-19-13-24(14-20-27)28(5,6)8-2/h9,11-15,17-20,22H,7-8,10,16H2,1-6H3. The van der Waals surface area contributed by atoms with Crippen LogP contribution in [0.2, 0.25) is 0 Å². The Balaban J connectivity index is 2.00. The van der Waals surface area contributed by atoms with Crippen molar-refractivity contribution in [2.24, 2.45) is 0 Å². The Morgan fingerprint density at radius 2 is 1.45 bits per heavy atom. The van der Waals surface area contributed by atoms with Crippen LogP contribution in [0.25, 0.3) is 0 Å². The fourth-order valence-corrected chi connectivity index (χ4v) is 3.85. The molecule has 0 spiro atoms. The molecule has 3 rings (SSSR count). The highest BCUT2D eigenvalue weighted by molar-refractivity contribution is 5.69. The third-order valence-corrected chi connectivity index (χ3v) is 6.75. The lowest BCUT2D eigenvalue weighted by Crippen LogP contribution is -2.19. The second-order valence-corrected chi connectivity index (χ2v) is 9.19. The molecule has 1 aliphatic carbocycles. The van der Waals surface area contributed by atoms with Crippen molar-refractivity contribution in [3.05, 3.63) is 83.1 Å². The summed E-state index contributed by atoms with van der Waals surface area (Å²) in [4.78, 5) is 2.44. The summed E-state index contributed by atoms with van der Waals surface area (Å²) < 4.78 is 0. The summed E-state index contributed by atoms with van der Waals surface area (Å²) in [6.07, 6.45) is 9.10. The molecule has 0 saturated heterocycles. The van der Waals surface area contributed by atoms with Gasteiger partial charge in [0.1, 0.15) is 0 Å². The van der Waals surface area contributed by atoms with Crippen molar-refractivity contribution in [1.29, 1.82) is 0 Å². The minimum atomic E-state index is 0.214. The van der Waals surface area contributed by atoms with Crippen molar-refractivity contribution in [3.63, 3.8) is 0 Å². The van der Waals surface area contributed by atoms with Crippen LogP contribution in [0.1, 0.15) is 84.3 Å². The number of anilines is 2. The molecule has 0 heterocycles. The Hall–Kier alpha value is -2.28. The van der Waals surface area contributed by atoms with Gasteiger partial charge in [-0.15, -0.1) is 0 Å². The number of allylic oxidation sites excluding steroid dienone is 4. The fraction of sp³-hybridized carbons (Fsp3) is 0.429.